The Bertz CT molecular complexity index is 488. The highest BCUT2D eigenvalue weighted by Gasteiger charge is 2.32. The Morgan fingerprint density at radius 3 is 3.05 bits per heavy atom. The van der Waals surface area contributed by atoms with Gasteiger partial charge in [0, 0.05) is 18.5 Å². The van der Waals surface area contributed by atoms with Crippen LogP contribution in [0.2, 0.25) is 0 Å². The molecule has 1 atom stereocenters. The first-order chi connectivity index (χ1) is 9.02. The maximum atomic E-state index is 5.97. The summed E-state index contributed by atoms with van der Waals surface area (Å²) >= 11 is 0. The van der Waals surface area contributed by atoms with Gasteiger partial charge in [-0.2, -0.15) is 0 Å². The van der Waals surface area contributed by atoms with E-state index in [0.29, 0.717) is 6.54 Å². The summed E-state index contributed by atoms with van der Waals surface area (Å²) in [5.74, 6) is 4.25. The van der Waals surface area contributed by atoms with Crippen LogP contribution in [-0.4, -0.2) is 24.8 Å². The van der Waals surface area contributed by atoms with Crippen molar-refractivity contribution in [2.24, 2.45) is 0 Å². The zero-order chi connectivity index (χ0) is 13.9. The van der Waals surface area contributed by atoms with E-state index in [4.69, 9.17) is 15.9 Å². The zero-order valence-electron chi connectivity index (χ0n) is 11.8. The quantitative estimate of drug-likeness (QED) is 0.650. The second-order valence-electron chi connectivity index (χ2n) is 5.55. The summed E-state index contributed by atoms with van der Waals surface area (Å²) in [7, 11) is 0. The van der Waals surface area contributed by atoms with Crippen LogP contribution < -0.4 is 14.8 Å². The summed E-state index contributed by atoms with van der Waals surface area (Å²) in [4.78, 5) is 0. The summed E-state index contributed by atoms with van der Waals surface area (Å²) < 4.78 is 11.9. The molecule has 1 aromatic rings. The highest BCUT2D eigenvalue weighted by Crippen LogP contribution is 2.41. The predicted molar refractivity (Wildman–Crippen MR) is 76.6 cm³/mol. The number of rotatable bonds is 5. The second-order valence-corrected chi connectivity index (χ2v) is 5.55. The molecule has 0 spiro atoms. The number of nitrogens with one attached hydrogen (secondary N) is 1. The van der Waals surface area contributed by atoms with Crippen LogP contribution in [0.25, 0.3) is 0 Å². The number of benzene rings is 1. The smallest absolute Gasteiger partial charge is 0.165 e. The molecule has 0 amide bonds. The molecule has 0 aliphatic carbocycles. The number of fused-ring (bicyclic) bond motifs is 1. The van der Waals surface area contributed by atoms with Crippen LogP contribution in [0, 0.1) is 12.3 Å². The van der Waals surface area contributed by atoms with Crippen LogP contribution >= 0.6 is 0 Å². The van der Waals surface area contributed by atoms with E-state index in [2.05, 4.69) is 31.2 Å². The highest BCUT2D eigenvalue weighted by molar-refractivity contribution is 5.50. The summed E-state index contributed by atoms with van der Waals surface area (Å²) in [6.45, 7) is 7.48. The number of terminal acetylenes is 1. The van der Waals surface area contributed by atoms with Gasteiger partial charge >= 0.3 is 0 Å². The third kappa shape index (κ3) is 3.42. The molecule has 1 aromatic carbocycles. The fourth-order valence-corrected chi connectivity index (χ4v) is 2.29. The van der Waals surface area contributed by atoms with Gasteiger partial charge in [-0.25, -0.2) is 0 Å². The summed E-state index contributed by atoms with van der Waals surface area (Å²) in [5, 5.41) is 3.14. The maximum absolute atomic E-state index is 5.97. The molecule has 1 heterocycles. The van der Waals surface area contributed by atoms with Crippen LogP contribution in [-0.2, 0) is 6.42 Å². The molecule has 102 valence electrons. The molecule has 0 fully saturated rings. The van der Waals surface area contributed by atoms with Crippen molar-refractivity contribution in [2.45, 2.75) is 38.9 Å². The summed E-state index contributed by atoms with van der Waals surface area (Å²) in [6, 6.07) is 6.07. The summed E-state index contributed by atoms with van der Waals surface area (Å²) in [6.07, 6.45) is 6.17. The molecule has 1 aliphatic rings. The Kier molecular flexibility index (Phi) is 4.01. The van der Waals surface area contributed by atoms with Gasteiger partial charge in [-0.1, -0.05) is 18.1 Å². The van der Waals surface area contributed by atoms with Gasteiger partial charge < -0.3 is 14.8 Å². The van der Waals surface area contributed by atoms with Crippen LogP contribution in [0.1, 0.15) is 26.3 Å². The molecule has 0 saturated carbocycles. The monoisotopic (exact) mass is 259 g/mol. The lowest BCUT2D eigenvalue weighted by Crippen LogP contribution is -2.29. The van der Waals surface area contributed by atoms with E-state index in [0.717, 1.165) is 24.5 Å². The van der Waals surface area contributed by atoms with Crippen LogP contribution in [0.5, 0.6) is 11.5 Å². The van der Waals surface area contributed by atoms with Crippen LogP contribution in [0.4, 0.5) is 0 Å². The molecule has 0 bridgehead atoms. The van der Waals surface area contributed by atoms with Crippen LogP contribution in [0.3, 0.4) is 0 Å². The van der Waals surface area contributed by atoms with E-state index < -0.39 is 0 Å². The second kappa shape index (κ2) is 5.54. The Morgan fingerprint density at radius 2 is 2.32 bits per heavy atom. The van der Waals surface area contributed by atoms with Gasteiger partial charge in [0.2, 0.25) is 0 Å². The maximum Gasteiger partial charge on any atom is 0.165 e. The van der Waals surface area contributed by atoms with Crippen molar-refractivity contribution < 1.29 is 9.47 Å². The van der Waals surface area contributed by atoms with Crippen molar-refractivity contribution in [3.63, 3.8) is 0 Å². The van der Waals surface area contributed by atoms with E-state index >= 15 is 0 Å². The van der Waals surface area contributed by atoms with Crippen molar-refractivity contribution in [2.75, 3.05) is 13.1 Å². The van der Waals surface area contributed by atoms with Gasteiger partial charge in [-0.15, -0.1) is 6.42 Å². The Morgan fingerprint density at radius 1 is 1.53 bits per heavy atom. The number of hydrogen-bond acceptors (Lipinski definition) is 3. The van der Waals surface area contributed by atoms with Crippen molar-refractivity contribution in [1.82, 2.24) is 5.32 Å². The molecule has 0 radical (unpaired) electrons. The molecular weight excluding hydrogens is 238 g/mol. The minimum Gasteiger partial charge on any atom is -0.485 e. The lowest BCUT2D eigenvalue weighted by molar-refractivity contribution is 0.127. The molecule has 1 unspecified atom stereocenters. The topological polar surface area (TPSA) is 30.5 Å². The molecule has 2 rings (SSSR count). The molecule has 3 heteroatoms. The van der Waals surface area contributed by atoms with E-state index in [-0.39, 0.29) is 11.7 Å². The van der Waals surface area contributed by atoms with Crippen molar-refractivity contribution in [3.05, 3.63) is 23.8 Å². The van der Waals surface area contributed by atoms with Crippen molar-refractivity contribution >= 4 is 0 Å². The largest absolute Gasteiger partial charge is 0.485 e. The SMILES string of the molecule is C#CCNCC(C)Oc1cccc2c1OC(C)(C)C2. The molecule has 3 nitrogen and oxygen atoms in total. The minimum atomic E-state index is -0.146. The van der Waals surface area contributed by atoms with Crippen molar-refractivity contribution in [3.8, 4) is 23.8 Å². The Balaban J connectivity index is 2.03. The fourth-order valence-electron chi connectivity index (χ4n) is 2.29. The zero-order valence-corrected chi connectivity index (χ0v) is 11.8. The first-order valence-corrected chi connectivity index (χ1v) is 6.63. The molecule has 1 N–H and O–H groups in total. The normalized spacial score (nSPS) is 17.2. The Labute approximate surface area is 115 Å². The molecule has 1 aliphatic heterocycles. The average molecular weight is 259 g/mol. The van der Waals surface area contributed by atoms with E-state index in [1.165, 1.54) is 5.56 Å². The van der Waals surface area contributed by atoms with Crippen LogP contribution in [0.15, 0.2) is 18.2 Å². The fraction of sp³-hybridized carbons (Fsp3) is 0.500. The number of para-hydroxylation sites is 1. The highest BCUT2D eigenvalue weighted by atomic mass is 16.5. The van der Waals surface area contributed by atoms with Gasteiger partial charge in [-0.05, 0) is 26.8 Å². The first kappa shape index (κ1) is 13.8. The minimum absolute atomic E-state index is 0.0483. The molecule has 0 saturated heterocycles. The van der Waals surface area contributed by atoms with Gasteiger partial charge in [0.1, 0.15) is 11.7 Å². The molecule has 19 heavy (non-hydrogen) atoms. The van der Waals surface area contributed by atoms with Gasteiger partial charge in [0.15, 0.2) is 11.5 Å². The number of hydrogen-bond donors (Lipinski definition) is 1. The van der Waals surface area contributed by atoms with Gasteiger partial charge in [-0.3, -0.25) is 0 Å². The first-order valence-electron chi connectivity index (χ1n) is 6.63. The molecular formula is C16H21NO2. The Hall–Kier alpha value is -1.66. The van der Waals surface area contributed by atoms with Gasteiger partial charge in [0.05, 0.1) is 6.54 Å². The third-order valence-corrected chi connectivity index (χ3v) is 3.04. The lowest BCUT2D eigenvalue weighted by atomic mass is 10.0. The summed E-state index contributed by atoms with van der Waals surface area (Å²) in [5.41, 5.74) is 1.07. The molecule has 0 aromatic heterocycles. The van der Waals surface area contributed by atoms with Crippen molar-refractivity contribution in [1.29, 1.82) is 0 Å². The predicted octanol–water partition coefficient (Wildman–Crippen LogP) is 2.39. The third-order valence-electron chi connectivity index (χ3n) is 3.04. The van der Waals surface area contributed by atoms with E-state index in [1.54, 1.807) is 0 Å². The van der Waals surface area contributed by atoms with Gasteiger partial charge in [0.25, 0.3) is 0 Å². The van der Waals surface area contributed by atoms with E-state index in [1.807, 2.05) is 19.1 Å². The number of ether oxygens (including phenoxy) is 2. The van der Waals surface area contributed by atoms with E-state index in [9.17, 15) is 0 Å². The average Bonchev–Trinajstić information content (AvgIpc) is 2.65. The standard InChI is InChI=1S/C16H21NO2/c1-5-9-17-11-12(2)18-14-8-6-7-13-10-16(3,4)19-15(13)14/h1,6-8,12,17H,9-11H2,2-4H3. The lowest BCUT2D eigenvalue weighted by Gasteiger charge is -2.20.